The zero-order valence-corrected chi connectivity index (χ0v) is 12.3. The molecule has 1 rings (SSSR count). The largest absolute Gasteiger partial charge is 0.497 e. The molecule has 3 amide bonds. The van der Waals surface area contributed by atoms with E-state index in [0.29, 0.717) is 17.9 Å². The fraction of sp³-hybridized carbons (Fsp3) is 0.385. The average Bonchev–Trinajstić information content (AvgIpc) is 2.43. The lowest BCUT2D eigenvalue weighted by Crippen LogP contribution is -2.46. The molecule has 0 aliphatic rings. The molecule has 4 N–H and O–H groups in total. The van der Waals surface area contributed by atoms with Gasteiger partial charge in [-0.1, -0.05) is 0 Å². The number of ether oxygens (including phenoxy) is 1. The molecule has 0 aliphatic heterocycles. The van der Waals surface area contributed by atoms with Gasteiger partial charge in [-0.15, -0.1) is 0 Å². The number of nitrogens with two attached hydrogens (primary N) is 1. The maximum atomic E-state index is 12.1. The minimum Gasteiger partial charge on any atom is -0.497 e. The second kappa shape index (κ2) is 8.31. The monoisotopic (exact) mass is 297 g/mol. The van der Waals surface area contributed by atoms with E-state index in [1.165, 1.54) is 0 Å². The highest BCUT2D eigenvalue weighted by atomic mass is 32.2. The number of hydrogen-bond donors (Lipinski definition) is 3. The average molecular weight is 297 g/mol. The Morgan fingerprint density at radius 2 is 2.00 bits per heavy atom. The van der Waals surface area contributed by atoms with Gasteiger partial charge in [0, 0.05) is 5.69 Å². The van der Waals surface area contributed by atoms with Crippen LogP contribution >= 0.6 is 11.8 Å². The van der Waals surface area contributed by atoms with E-state index >= 15 is 0 Å². The summed E-state index contributed by atoms with van der Waals surface area (Å²) in [5.41, 5.74) is 5.72. The molecule has 0 aliphatic carbocycles. The summed E-state index contributed by atoms with van der Waals surface area (Å²) in [4.78, 5) is 23.0. The van der Waals surface area contributed by atoms with Crippen molar-refractivity contribution >= 4 is 29.4 Å². The van der Waals surface area contributed by atoms with Crippen LogP contribution in [-0.2, 0) is 4.79 Å². The molecule has 0 aromatic heterocycles. The highest BCUT2D eigenvalue weighted by molar-refractivity contribution is 7.98. The molecule has 6 nitrogen and oxygen atoms in total. The van der Waals surface area contributed by atoms with Crippen molar-refractivity contribution in [2.24, 2.45) is 5.73 Å². The van der Waals surface area contributed by atoms with E-state index in [4.69, 9.17) is 10.5 Å². The number of thioether (sulfide) groups is 1. The van der Waals surface area contributed by atoms with Crippen molar-refractivity contribution in [1.29, 1.82) is 0 Å². The Labute approximate surface area is 122 Å². The molecule has 0 spiro atoms. The first-order chi connectivity index (χ1) is 9.56. The van der Waals surface area contributed by atoms with E-state index in [1.807, 2.05) is 6.26 Å². The number of urea groups is 1. The third kappa shape index (κ3) is 5.40. The number of benzene rings is 1. The highest BCUT2D eigenvalue weighted by Crippen LogP contribution is 2.15. The molecular formula is C13H19N3O3S. The molecule has 20 heavy (non-hydrogen) atoms. The summed E-state index contributed by atoms with van der Waals surface area (Å²) in [6.07, 6.45) is 2.45. The van der Waals surface area contributed by atoms with E-state index in [9.17, 15) is 9.59 Å². The smallest absolute Gasteiger partial charge is 0.312 e. The van der Waals surface area contributed by atoms with Crippen molar-refractivity contribution in [3.8, 4) is 5.75 Å². The van der Waals surface area contributed by atoms with Crippen LogP contribution in [0.25, 0.3) is 0 Å². The van der Waals surface area contributed by atoms with Gasteiger partial charge in [0.25, 0.3) is 0 Å². The van der Waals surface area contributed by atoms with Gasteiger partial charge in [-0.3, -0.25) is 4.79 Å². The van der Waals surface area contributed by atoms with Crippen molar-refractivity contribution in [3.05, 3.63) is 24.3 Å². The zero-order valence-electron chi connectivity index (χ0n) is 11.5. The Morgan fingerprint density at radius 3 is 2.50 bits per heavy atom. The molecule has 7 heteroatoms. The van der Waals surface area contributed by atoms with Gasteiger partial charge in [-0.25, -0.2) is 4.79 Å². The third-order valence-electron chi connectivity index (χ3n) is 2.60. The normalized spacial score (nSPS) is 11.5. The summed E-state index contributed by atoms with van der Waals surface area (Å²) in [7, 11) is 1.57. The first kappa shape index (κ1) is 16.2. The maximum absolute atomic E-state index is 12.1. The van der Waals surface area contributed by atoms with E-state index in [1.54, 1.807) is 43.1 Å². The van der Waals surface area contributed by atoms with Gasteiger partial charge in [-0.05, 0) is 42.7 Å². The SMILES string of the molecule is COc1ccc(NC(=O)[C@H](CCSC)NC(N)=O)cc1. The van der Waals surface area contributed by atoms with Gasteiger partial charge < -0.3 is 21.1 Å². The van der Waals surface area contributed by atoms with Crippen molar-refractivity contribution in [2.75, 3.05) is 24.4 Å². The van der Waals surface area contributed by atoms with Crippen LogP contribution in [0.3, 0.4) is 0 Å². The molecule has 110 valence electrons. The van der Waals surface area contributed by atoms with E-state index in [2.05, 4.69) is 10.6 Å². The Balaban J connectivity index is 2.65. The van der Waals surface area contributed by atoms with E-state index < -0.39 is 12.1 Å². The summed E-state index contributed by atoms with van der Waals surface area (Å²) in [5, 5.41) is 5.18. The number of carbonyl (C=O) groups excluding carboxylic acids is 2. The van der Waals surface area contributed by atoms with E-state index in [-0.39, 0.29) is 5.91 Å². The molecule has 0 saturated carbocycles. The van der Waals surface area contributed by atoms with Crippen molar-refractivity contribution in [3.63, 3.8) is 0 Å². The standard InChI is InChI=1S/C13H19N3O3S/c1-19-10-5-3-9(4-6-10)15-12(17)11(7-8-20-2)16-13(14)18/h3-6,11H,7-8H2,1-2H3,(H,15,17)(H3,14,16,18)/t11-/m0/s1. The molecule has 0 saturated heterocycles. The van der Waals surface area contributed by atoms with Crippen molar-refractivity contribution < 1.29 is 14.3 Å². The predicted octanol–water partition coefficient (Wildman–Crippen LogP) is 1.42. The highest BCUT2D eigenvalue weighted by Gasteiger charge is 2.19. The van der Waals surface area contributed by atoms with Gasteiger partial charge in [0.05, 0.1) is 7.11 Å². The number of amides is 3. The third-order valence-corrected chi connectivity index (χ3v) is 3.25. The quantitative estimate of drug-likeness (QED) is 0.709. The first-order valence-electron chi connectivity index (χ1n) is 6.06. The number of methoxy groups -OCH3 is 1. The molecular weight excluding hydrogens is 278 g/mol. The Bertz CT molecular complexity index is 451. The second-order valence-corrected chi connectivity index (χ2v) is 5.05. The second-order valence-electron chi connectivity index (χ2n) is 4.06. The molecule has 0 radical (unpaired) electrons. The number of nitrogens with one attached hydrogen (secondary N) is 2. The van der Waals surface area contributed by atoms with Crippen LogP contribution < -0.4 is 21.1 Å². The fourth-order valence-corrected chi connectivity index (χ4v) is 2.05. The Hall–Kier alpha value is -1.89. The number of hydrogen-bond acceptors (Lipinski definition) is 4. The van der Waals surface area contributed by atoms with Crippen LogP contribution in [0.4, 0.5) is 10.5 Å². The summed E-state index contributed by atoms with van der Waals surface area (Å²) in [5.74, 6) is 1.17. The molecule has 1 atom stereocenters. The van der Waals surface area contributed by atoms with E-state index in [0.717, 1.165) is 5.75 Å². The van der Waals surface area contributed by atoms with Crippen molar-refractivity contribution in [2.45, 2.75) is 12.5 Å². The van der Waals surface area contributed by atoms with Crippen LogP contribution in [0.2, 0.25) is 0 Å². The molecule has 0 unspecified atom stereocenters. The Kier molecular flexibility index (Phi) is 6.72. The number of anilines is 1. The maximum Gasteiger partial charge on any atom is 0.312 e. The fourth-order valence-electron chi connectivity index (χ4n) is 1.58. The lowest BCUT2D eigenvalue weighted by molar-refractivity contribution is -0.117. The van der Waals surface area contributed by atoms with Gasteiger partial charge >= 0.3 is 6.03 Å². The summed E-state index contributed by atoms with van der Waals surface area (Å²) >= 11 is 1.60. The van der Waals surface area contributed by atoms with Gasteiger partial charge in [-0.2, -0.15) is 11.8 Å². The van der Waals surface area contributed by atoms with Crippen molar-refractivity contribution in [1.82, 2.24) is 5.32 Å². The van der Waals surface area contributed by atoms with Crippen LogP contribution in [0.1, 0.15) is 6.42 Å². The minimum absolute atomic E-state index is 0.289. The molecule has 1 aromatic rings. The van der Waals surface area contributed by atoms with Crippen LogP contribution in [-0.4, -0.2) is 37.1 Å². The molecule has 0 fully saturated rings. The number of carbonyl (C=O) groups is 2. The topological polar surface area (TPSA) is 93.4 Å². The lowest BCUT2D eigenvalue weighted by atomic mass is 10.2. The zero-order chi connectivity index (χ0) is 15.0. The number of rotatable bonds is 7. The Morgan fingerprint density at radius 1 is 1.35 bits per heavy atom. The van der Waals surface area contributed by atoms with Crippen LogP contribution in [0.15, 0.2) is 24.3 Å². The minimum atomic E-state index is -0.707. The molecule has 1 aromatic carbocycles. The first-order valence-corrected chi connectivity index (χ1v) is 7.46. The van der Waals surface area contributed by atoms with Gasteiger partial charge in [0.2, 0.25) is 5.91 Å². The summed E-state index contributed by atoms with van der Waals surface area (Å²) in [6, 6.07) is 5.60. The summed E-state index contributed by atoms with van der Waals surface area (Å²) < 4.78 is 5.04. The van der Waals surface area contributed by atoms with Gasteiger partial charge in [0.1, 0.15) is 11.8 Å². The molecule has 0 bridgehead atoms. The van der Waals surface area contributed by atoms with Crippen LogP contribution in [0.5, 0.6) is 5.75 Å². The van der Waals surface area contributed by atoms with Gasteiger partial charge in [0.15, 0.2) is 0 Å². The molecule has 0 heterocycles. The summed E-state index contributed by atoms with van der Waals surface area (Å²) in [6.45, 7) is 0. The van der Waals surface area contributed by atoms with Crippen LogP contribution in [0, 0.1) is 0 Å². The number of primary amides is 1. The predicted molar refractivity (Wildman–Crippen MR) is 81.1 cm³/mol. The lowest BCUT2D eigenvalue weighted by Gasteiger charge is -2.17.